The number of aliphatic hydroxyl groups is 2. The highest BCUT2D eigenvalue weighted by molar-refractivity contribution is 7.14. The molecule has 2 aliphatic rings. The molecule has 7 heteroatoms. The Morgan fingerprint density at radius 3 is 2.62 bits per heavy atom. The average Bonchev–Trinajstić information content (AvgIpc) is 3.48. The molecule has 0 atom stereocenters. The van der Waals surface area contributed by atoms with Gasteiger partial charge in [0.2, 0.25) is 0 Å². The van der Waals surface area contributed by atoms with Crippen LogP contribution in [-0.2, 0) is 5.41 Å². The molecule has 0 unspecified atom stereocenters. The summed E-state index contributed by atoms with van der Waals surface area (Å²) in [5.74, 6) is -0.0422. The van der Waals surface area contributed by atoms with Gasteiger partial charge in [0.1, 0.15) is 0 Å². The number of carbonyl (C=O) groups excluding carboxylic acids is 1. The van der Waals surface area contributed by atoms with Crippen molar-refractivity contribution in [3.05, 3.63) is 64.3 Å². The molecule has 1 aliphatic heterocycles. The van der Waals surface area contributed by atoms with E-state index in [2.05, 4.69) is 22.5 Å². The Bertz CT molecular complexity index is 1150. The van der Waals surface area contributed by atoms with Crippen LogP contribution in [0.3, 0.4) is 0 Å². The molecule has 2 aromatic heterocycles. The normalized spacial score (nSPS) is 18.0. The largest absolute Gasteiger partial charge is 0.395 e. The number of nitrogens with zero attached hydrogens (tertiary/aromatic N) is 2. The fourth-order valence-electron chi connectivity index (χ4n) is 4.27. The van der Waals surface area contributed by atoms with Gasteiger partial charge in [-0.3, -0.25) is 9.78 Å². The molecule has 5 rings (SSSR count). The van der Waals surface area contributed by atoms with Crippen LogP contribution in [0.15, 0.2) is 48.0 Å². The number of thiophene rings is 1. The van der Waals surface area contributed by atoms with Crippen LogP contribution in [0.4, 0.5) is 0 Å². The van der Waals surface area contributed by atoms with Crippen molar-refractivity contribution in [1.82, 2.24) is 9.88 Å². The smallest absolute Gasteiger partial charge is 0.253 e. The zero-order valence-electron chi connectivity index (χ0n) is 17.6. The Labute approximate surface area is 196 Å². The molecule has 1 saturated carbocycles. The molecule has 0 radical (unpaired) electrons. The first-order valence-corrected chi connectivity index (χ1v) is 12.2. The lowest BCUT2D eigenvalue weighted by atomic mass is 9.99. The summed E-state index contributed by atoms with van der Waals surface area (Å²) in [7, 11) is 0. The fourth-order valence-corrected chi connectivity index (χ4v) is 5.57. The second-order valence-electron chi connectivity index (χ2n) is 8.79. The Kier molecular flexibility index (Phi) is 5.80. The minimum atomic E-state index is -0.312. The highest BCUT2D eigenvalue weighted by atomic mass is 35.5. The van der Waals surface area contributed by atoms with Gasteiger partial charge in [-0.25, -0.2) is 0 Å². The number of benzene rings is 1. The minimum Gasteiger partial charge on any atom is -0.395 e. The van der Waals surface area contributed by atoms with Gasteiger partial charge in [-0.2, -0.15) is 0 Å². The van der Waals surface area contributed by atoms with Gasteiger partial charge in [0.25, 0.3) is 5.91 Å². The van der Waals surface area contributed by atoms with Crippen molar-refractivity contribution in [2.45, 2.75) is 37.2 Å². The highest BCUT2D eigenvalue weighted by Gasteiger charge is 2.45. The molecule has 1 amide bonds. The van der Waals surface area contributed by atoms with E-state index in [1.54, 1.807) is 22.3 Å². The molecule has 0 spiro atoms. The summed E-state index contributed by atoms with van der Waals surface area (Å²) in [6.45, 7) is 1.27. The third kappa shape index (κ3) is 4.08. The lowest BCUT2D eigenvalue weighted by Crippen LogP contribution is -2.40. The summed E-state index contributed by atoms with van der Waals surface area (Å²) in [5, 5.41) is 22.0. The van der Waals surface area contributed by atoms with E-state index in [-0.39, 0.29) is 24.0 Å². The van der Waals surface area contributed by atoms with E-state index >= 15 is 0 Å². The summed E-state index contributed by atoms with van der Waals surface area (Å²) in [6.07, 6.45) is 4.69. The van der Waals surface area contributed by atoms with E-state index in [0.717, 1.165) is 40.1 Å². The van der Waals surface area contributed by atoms with Crippen LogP contribution in [0.5, 0.6) is 0 Å². The summed E-state index contributed by atoms with van der Waals surface area (Å²) in [4.78, 5) is 20.1. The van der Waals surface area contributed by atoms with Gasteiger partial charge < -0.3 is 15.1 Å². The average molecular weight is 469 g/mol. The third-order valence-electron chi connectivity index (χ3n) is 6.63. The quantitative estimate of drug-likeness (QED) is 0.566. The van der Waals surface area contributed by atoms with Crippen LogP contribution in [0.1, 0.15) is 41.7 Å². The van der Waals surface area contributed by atoms with Crippen molar-refractivity contribution in [2.75, 3.05) is 19.7 Å². The van der Waals surface area contributed by atoms with E-state index in [0.29, 0.717) is 36.5 Å². The SMILES string of the molecule is O=C(c1ccc(-c2cc(-c3ccnc(C4(CO)CC4)c3)cs2)c(Cl)c1)N1CCC(O)CC1. The van der Waals surface area contributed by atoms with Gasteiger partial charge >= 0.3 is 0 Å². The summed E-state index contributed by atoms with van der Waals surface area (Å²) in [5.41, 5.74) is 4.43. The van der Waals surface area contributed by atoms with E-state index < -0.39 is 0 Å². The second-order valence-corrected chi connectivity index (χ2v) is 10.1. The number of halogens is 1. The lowest BCUT2D eigenvalue weighted by Gasteiger charge is -2.29. The van der Waals surface area contributed by atoms with Crippen molar-refractivity contribution in [1.29, 1.82) is 0 Å². The zero-order valence-corrected chi connectivity index (χ0v) is 19.2. The standard InChI is InChI=1S/C25H25ClN2O3S/c26-21-11-17(24(31)28-9-4-19(30)5-10-28)1-2-20(21)22-12-18(14-32-22)16-3-8-27-23(13-16)25(15-29)6-7-25/h1-3,8,11-14,19,29-30H,4-7,9-10,15H2. The molecule has 5 nitrogen and oxygen atoms in total. The molecule has 1 saturated heterocycles. The number of aliphatic hydroxyl groups excluding tert-OH is 2. The predicted octanol–water partition coefficient (Wildman–Crippen LogP) is 4.75. The van der Waals surface area contributed by atoms with Crippen LogP contribution in [0, 0.1) is 0 Å². The molecule has 2 N–H and O–H groups in total. The van der Waals surface area contributed by atoms with Crippen LogP contribution < -0.4 is 0 Å². The topological polar surface area (TPSA) is 73.7 Å². The number of aromatic nitrogens is 1. The van der Waals surface area contributed by atoms with Crippen molar-refractivity contribution in [2.24, 2.45) is 0 Å². The number of carbonyl (C=O) groups is 1. The van der Waals surface area contributed by atoms with E-state index in [1.165, 1.54) is 0 Å². The number of pyridine rings is 1. The molecule has 3 aromatic rings. The van der Waals surface area contributed by atoms with Gasteiger partial charge in [0.05, 0.1) is 17.7 Å². The molecule has 1 aliphatic carbocycles. The number of likely N-dealkylation sites (tertiary alicyclic amines) is 1. The summed E-state index contributed by atoms with van der Waals surface area (Å²) >= 11 is 8.21. The highest BCUT2D eigenvalue weighted by Crippen LogP contribution is 2.47. The first-order chi connectivity index (χ1) is 15.5. The fraction of sp³-hybridized carbons (Fsp3) is 0.360. The Morgan fingerprint density at radius 1 is 1.16 bits per heavy atom. The maximum atomic E-state index is 12.8. The van der Waals surface area contributed by atoms with Crippen LogP contribution in [-0.4, -0.2) is 51.8 Å². The first kappa shape index (κ1) is 21.6. The monoisotopic (exact) mass is 468 g/mol. The van der Waals surface area contributed by atoms with Crippen molar-refractivity contribution in [3.8, 4) is 21.6 Å². The number of hydrogen-bond acceptors (Lipinski definition) is 5. The van der Waals surface area contributed by atoms with Gasteiger partial charge in [-0.15, -0.1) is 11.3 Å². The number of amides is 1. The van der Waals surface area contributed by atoms with E-state index in [4.69, 9.17) is 11.6 Å². The van der Waals surface area contributed by atoms with Gasteiger partial charge in [0, 0.05) is 46.4 Å². The van der Waals surface area contributed by atoms with E-state index in [1.807, 2.05) is 24.4 Å². The molecule has 32 heavy (non-hydrogen) atoms. The lowest BCUT2D eigenvalue weighted by molar-refractivity contribution is 0.0546. The van der Waals surface area contributed by atoms with Crippen LogP contribution in [0.25, 0.3) is 21.6 Å². The van der Waals surface area contributed by atoms with Gasteiger partial charge in [-0.1, -0.05) is 17.7 Å². The van der Waals surface area contributed by atoms with Crippen LogP contribution >= 0.6 is 22.9 Å². The molecular formula is C25H25ClN2O3S. The van der Waals surface area contributed by atoms with Gasteiger partial charge in [0.15, 0.2) is 0 Å². The second kappa shape index (κ2) is 8.60. The predicted molar refractivity (Wildman–Crippen MR) is 127 cm³/mol. The van der Waals surface area contributed by atoms with Gasteiger partial charge in [-0.05, 0) is 72.5 Å². The Hall–Kier alpha value is -2.25. The maximum absolute atomic E-state index is 12.8. The van der Waals surface area contributed by atoms with Crippen molar-refractivity contribution >= 4 is 28.8 Å². The molecule has 1 aromatic carbocycles. The van der Waals surface area contributed by atoms with Crippen LogP contribution in [0.2, 0.25) is 5.02 Å². The van der Waals surface area contributed by atoms with E-state index in [9.17, 15) is 15.0 Å². The first-order valence-electron chi connectivity index (χ1n) is 10.9. The number of rotatable bonds is 5. The number of hydrogen-bond donors (Lipinski definition) is 2. The molecule has 3 heterocycles. The zero-order chi connectivity index (χ0) is 22.3. The summed E-state index contributed by atoms with van der Waals surface area (Å²) < 4.78 is 0. The maximum Gasteiger partial charge on any atom is 0.253 e. The molecule has 0 bridgehead atoms. The molecule has 2 fully saturated rings. The Morgan fingerprint density at radius 2 is 1.94 bits per heavy atom. The third-order valence-corrected chi connectivity index (χ3v) is 7.90. The van der Waals surface area contributed by atoms with Crippen molar-refractivity contribution in [3.63, 3.8) is 0 Å². The number of piperidine rings is 1. The Balaban J connectivity index is 1.37. The minimum absolute atomic E-state index is 0.0422. The summed E-state index contributed by atoms with van der Waals surface area (Å²) in [6, 6.07) is 11.7. The molecule has 166 valence electrons. The molecular weight excluding hydrogens is 444 g/mol. The van der Waals surface area contributed by atoms with Crippen molar-refractivity contribution < 1.29 is 15.0 Å².